The van der Waals surface area contributed by atoms with Crippen LogP contribution in [-0.2, 0) is 11.2 Å². The van der Waals surface area contributed by atoms with Gasteiger partial charge in [-0.05, 0) is 13.8 Å². The number of nitrogen functional groups attached to an aromatic ring is 2. The number of imidazole rings is 1. The first-order valence-corrected chi connectivity index (χ1v) is 6.17. The maximum absolute atomic E-state index is 6.02. The van der Waals surface area contributed by atoms with Crippen molar-refractivity contribution in [3.8, 4) is 11.4 Å². The van der Waals surface area contributed by atoms with Crippen LogP contribution in [0.2, 0.25) is 0 Å². The van der Waals surface area contributed by atoms with Crippen LogP contribution in [-0.4, -0.2) is 22.4 Å². The van der Waals surface area contributed by atoms with Gasteiger partial charge in [0, 0.05) is 19.1 Å². The van der Waals surface area contributed by atoms with E-state index in [0.29, 0.717) is 18.1 Å². The molecule has 0 saturated heterocycles. The number of ether oxygens (including phenoxy) is 1. The molecule has 5 heteroatoms. The van der Waals surface area contributed by atoms with E-state index in [9.17, 15) is 0 Å². The first-order chi connectivity index (χ1) is 8.94. The van der Waals surface area contributed by atoms with Crippen LogP contribution in [0.15, 0.2) is 30.3 Å². The summed E-state index contributed by atoms with van der Waals surface area (Å²) in [6.07, 6.45) is 0.610. The minimum absolute atomic E-state index is 0.323. The van der Waals surface area contributed by atoms with Gasteiger partial charge in [0.05, 0.1) is 11.3 Å². The van der Waals surface area contributed by atoms with E-state index in [1.807, 2.05) is 44.2 Å². The van der Waals surface area contributed by atoms with Crippen molar-refractivity contribution in [1.29, 1.82) is 0 Å². The summed E-state index contributed by atoms with van der Waals surface area (Å²) in [4.78, 5) is 4.55. The van der Waals surface area contributed by atoms with Crippen molar-refractivity contribution < 1.29 is 4.74 Å². The molecular weight excluding hydrogens is 240 g/mol. The van der Waals surface area contributed by atoms with Gasteiger partial charge < -0.3 is 16.3 Å². The number of benzene rings is 1. The maximum atomic E-state index is 6.02. The average Bonchev–Trinajstić information content (AvgIpc) is 2.68. The van der Waals surface area contributed by atoms with Crippen molar-refractivity contribution in [2.24, 2.45) is 0 Å². The molecule has 102 valence electrons. The van der Waals surface area contributed by atoms with Crippen LogP contribution in [0, 0.1) is 0 Å². The zero-order chi connectivity index (χ0) is 14.0. The Morgan fingerprint density at radius 2 is 1.89 bits per heavy atom. The summed E-state index contributed by atoms with van der Waals surface area (Å²) in [5.41, 5.74) is 7.40. The zero-order valence-electron chi connectivity index (χ0n) is 11.6. The van der Waals surface area contributed by atoms with E-state index in [4.69, 9.17) is 16.3 Å². The van der Waals surface area contributed by atoms with Crippen LogP contribution in [0.5, 0.6) is 0 Å². The average molecular weight is 260 g/mol. The molecule has 1 aromatic carbocycles. The number of hydrogen-bond acceptors (Lipinski definition) is 4. The van der Waals surface area contributed by atoms with E-state index in [-0.39, 0.29) is 5.60 Å². The quantitative estimate of drug-likeness (QED) is 0.822. The van der Waals surface area contributed by atoms with Crippen molar-refractivity contribution in [3.05, 3.63) is 36.0 Å². The number of hydrogen-bond donors (Lipinski definition) is 2. The van der Waals surface area contributed by atoms with E-state index in [1.54, 1.807) is 7.11 Å². The summed E-state index contributed by atoms with van der Waals surface area (Å²) in [6.45, 7) is 3.98. The minimum atomic E-state index is -0.323. The predicted molar refractivity (Wildman–Crippen MR) is 77.0 cm³/mol. The summed E-state index contributed by atoms with van der Waals surface area (Å²) >= 11 is 0. The fraction of sp³-hybridized carbons (Fsp3) is 0.357. The van der Waals surface area contributed by atoms with Gasteiger partial charge in [0.25, 0.3) is 0 Å². The lowest BCUT2D eigenvalue weighted by Gasteiger charge is -2.21. The fourth-order valence-corrected chi connectivity index (χ4v) is 1.89. The van der Waals surface area contributed by atoms with Crippen molar-refractivity contribution in [2.75, 3.05) is 18.7 Å². The number of methoxy groups -OCH3 is 1. The van der Waals surface area contributed by atoms with Crippen LogP contribution >= 0.6 is 0 Å². The molecule has 0 saturated carbocycles. The molecule has 2 rings (SSSR count). The molecule has 0 radical (unpaired) electrons. The minimum Gasteiger partial charge on any atom is -0.382 e. The van der Waals surface area contributed by atoms with Gasteiger partial charge in [-0.1, -0.05) is 30.3 Å². The molecule has 0 spiro atoms. The molecule has 0 aliphatic rings. The molecule has 0 amide bonds. The van der Waals surface area contributed by atoms with Crippen LogP contribution < -0.4 is 11.6 Å². The molecule has 5 nitrogen and oxygen atoms in total. The standard InChI is InChI=1S/C14H20N4O/c1-14(2,19-3)9-11-12(15)18(16)13(17-11)10-7-5-4-6-8-10/h4-8H,9,15-16H2,1-3H3. The lowest BCUT2D eigenvalue weighted by Crippen LogP contribution is -2.26. The SMILES string of the molecule is COC(C)(C)Cc1nc(-c2ccccc2)n(N)c1N. The van der Waals surface area contributed by atoms with E-state index < -0.39 is 0 Å². The topological polar surface area (TPSA) is 79.1 Å². The monoisotopic (exact) mass is 260 g/mol. The van der Waals surface area contributed by atoms with Gasteiger partial charge in [0.1, 0.15) is 5.82 Å². The Morgan fingerprint density at radius 3 is 2.47 bits per heavy atom. The van der Waals surface area contributed by atoms with E-state index in [0.717, 1.165) is 11.3 Å². The van der Waals surface area contributed by atoms with Crippen molar-refractivity contribution in [2.45, 2.75) is 25.9 Å². The summed E-state index contributed by atoms with van der Waals surface area (Å²) in [5, 5.41) is 0. The summed E-state index contributed by atoms with van der Waals surface area (Å²) in [7, 11) is 1.67. The third kappa shape index (κ3) is 2.71. The van der Waals surface area contributed by atoms with Crippen LogP contribution in [0.4, 0.5) is 5.82 Å². The zero-order valence-corrected chi connectivity index (χ0v) is 11.6. The highest BCUT2D eigenvalue weighted by atomic mass is 16.5. The largest absolute Gasteiger partial charge is 0.382 e. The molecular formula is C14H20N4O. The van der Waals surface area contributed by atoms with Crippen molar-refractivity contribution in [1.82, 2.24) is 9.66 Å². The normalized spacial score (nSPS) is 11.7. The van der Waals surface area contributed by atoms with Gasteiger partial charge in [-0.25, -0.2) is 9.66 Å². The Balaban J connectivity index is 2.39. The molecule has 0 fully saturated rings. The molecule has 19 heavy (non-hydrogen) atoms. The number of nitrogens with two attached hydrogens (primary N) is 2. The van der Waals surface area contributed by atoms with Gasteiger partial charge in [0.15, 0.2) is 5.82 Å². The van der Waals surface area contributed by atoms with E-state index >= 15 is 0 Å². The molecule has 0 bridgehead atoms. The third-order valence-corrected chi connectivity index (χ3v) is 3.20. The van der Waals surface area contributed by atoms with Crippen molar-refractivity contribution in [3.63, 3.8) is 0 Å². The molecule has 2 aromatic rings. The number of aromatic nitrogens is 2. The highest BCUT2D eigenvalue weighted by Crippen LogP contribution is 2.25. The van der Waals surface area contributed by atoms with Gasteiger partial charge >= 0.3 is 0 Å². The maximum Gasteiger partial charge on any atom is 0.160 e. The molecule has 4 N–H and O–H groups in total. The number of rotatable bonds is 4. The van der Waals surface area contributed by atoms with Crippen LogP contribution in [0.25, 0.3) is 11.4 Å². The first-order valence-electron chi connectivity index (χ1n) is 6.17. The Bertz CT molecular complexity index is 560. The molecule has 0 aliphatic heterocycles. The Labute approximate surface area is 113 Å². The smallest absolute Gasteiger partial charge is 0.160 e. The molecule has 1 aromatic heterocycles. The molecule has 0 atom stereocenters. The number of nitrogens with zero attached hydrogens (tertiary/aromatic N) is 2. The summed E-state index contributed by atoms with van der Waals surface area (Å²) in [5.74, 6) is 7.13. The van der Waals surface area contributed by atoms with Gasteiger partial charge in [-0.2, -0.15) is 0 Å². The van der Waals surface area contributed by atoms with Crippen molar-refractivity contribution >= 4 is 5.82 Å². The van der Waals surface area contributed by atoms with Crippen LogP contribution in [0.3, 0.4) is 0 Å². The molecule has 1 heterocycles. The predicted octanol–water partition coefficient (Wildman–Crippen LogP) is 1.81. The van der Waals surface area contributed by atoms with Gasteiger partial charge in [-0.15, -0.1) is 0 Å². The summed E-state index contributed by atoms with van der Waals surface area (Å²) < 4.78 is 6.83. The lowest BCUT2D eigenvalue weighted by molar-refractivity contribution is 0.0226. The van der Waals surface area contributed by atoms with E-state index in [2.05, 4.69) is 4.98 Å². The van der Waals surface area contributed by atoms with E-state index in [1.165, 1.54) is 4.68 Å². The second-order valence-electron chi connectivity index (χ2n) is 5.14. The first kappa shape index (κ1) is 13.4. The fourth-order valence-electron chi connectivity index (χ4n) is 1.89. The molecule has 0 unspecified atom stereocenters. The second kappa shape index (κ2) is 4.93. The van der Waals surface area contributed by atoms with Gasteiger partial charge in [0.2, 0.25) is 0 Å². The Kier molecular flexibility index (Phi) is 3.48. The summed E-state index contributed by atoms with van der Waals surface area (Å²) in [6, 6.07) is 9.75. The van der Waals surface area contributed by atoms with Gasteiger partial charge in [-0.3, -0.25) is 0 Å². The highest BCUT2D eigenvalue weighted by Gasteiger charge is 2.23. The Hall–Kier alpha value is -2.01. The lowest BCUT2D eigenvalue weighted by atomic mass is 10.0. The van der Waals surface area contributed by atoms with Crippen LogP contribution in [0.1, 0.15) is 19.5 Å². The Morgan fingerprint density at radius 1 is 1.26 bits per heavy atom. The third-order valence-electron chi connectivity index (χ3n) is 3.20. The highest BCUT2D eigenvalue weighted by molar-refractivity contribution is 5.60. The number of anilines is 1. The molecule has 0 aliphatic carbocycles. The second-order valence-corrected chi connectivity index (χ2v) is 5.14.